The second-order valence-electron chi connectivity index (χ2n) is 3.35. The number of rotatable bonds is 4. The third-order valence-corrected chi connectivity index (χ3v) is 2.35. The van der Waals surface area contributed by atoms with Gasteiger partial charge in [-0.05, 0) is 25.0 Å². The van der Waals surface area contributed by atoms with Crippen LogP contribution in [0, 0.1) is 0 Å². The first kappa shape index (κ1) is 10.7. The van der Waals surface area contributed by atoms with Gasteiger partial charge in [-0.1, -0.05) is 13.3 Å². The molecule has 3 heteroatoms. The molecule has 0 saturated carbocycles. The normalized spacial score (nSPS) is 10.1. The fraction of sp³-hybridized carbons (Fsp3) is 0.455. The van der Waals surface area contributed by atoms with E-state index >= 15 is 0 Å². The summed E-state index contributed by atoms with van der Waals surface area (Å²) in [7, 11) is 1.65. The van der Waals surface area contributed by atoms with E-state index in [-0.39, 0.29) is 0 Å². The lowest BCUT2D eigenvalue weighted by molar-refractivity contribution is 0.409. The van der Waals surface area contributed by atoms with Crippen molar-refractivity contribution in [2.45, 2.75) is 26.2 Å². The minimum absolute atomic E-state index is 0.636. The van der Waals surface area contributed by atoms with Crippen molar-refractivity contribution in [1.82, 2.24) is 0 Å². The second kappa shape index (κ2) is 4.74. The highest BCUT2D eigenvalue weighted by Crippen LogP contribution is 2.30. The summed E-state index contributed by atoms with van der Waals surface area (Å²) in [6.45, 7) is 2.15. The lowest BCUT2D eigenvalue weighted by Crippen LogP contribution is -2.02. The van der Waals surface area contributed by atoms with Gasteiger partial charge in [-0.2, -0.15) is 0 Å². The Morgan fingerprint density at radius 1 is 1.29 bits per heavy atom. The van der Waals surface area contributed by atoms with Gasteiger partial charge in [0.1, 0.15) is 5.75 Å². The largest absolute Gasteiger partial charge is 0.496 e. The molecule has 4 N–H and O–H groups in total. The fourth-order valence-corrected chi connectivity index (χ4v) is 1.47. The summed E-state index contributed by atoms with van der Waals surface area (Å²) in [4.78, 5) is 0. The highest BCUT2D eigenvalue weighted by atomic mass is 16.5. The van der Waals surface area contributed by atoms with E-state index in [4.69, 9.17) is 16.2 Å². The molecular formula is C11H18N2O. The zero-order chi connectivity index (χ0) is 10.6. The molecular weight excluding hydrogens is 176 g/mol. The van der Waals surface area contributed by atoms with E-state index in [1.807, 2.05) is 6.07 Å². The van der Waals surface area contributed by atoms with Crippen LogP contribution in [-0.2, 0) is 6.42 Å². The third-order valence-electron chi connectivity index (χ3n) is 2.35. The number of anilines is 2. The monoisotopic (exact) mass is 194 g/mol. The molecule has 1 aromatic carbocycles. The molecule has 14 heavy (non-hydrogen) atoms. The minimum atomic E-state index is 0.636. The predicted octanol–water partition coefficient (Wildman–Crippen LogP) is 2.20. The minimum Gasteiger partial charge on any atom is -0.496 e. The van der Waals surface area contributed by atoms with Gasteiger partial charge in [0.15, 0.2) is 0 Å². The van der Waals surface area contributed by atoms with Crippen molar-refractivity contribution in [1.29, 1.82) is 0 Å². The molecule has 0 atom stereocenters. The molecule has 0 aliphatic rings. The van der Waals surface area contributed by atoms with Crippen molar-refractivity contribution in [2.24, 2.45) is 0 Å². The zero-order valence-electron chi connectivity index (χ0n) is 8.84. The first-order valence-electron chi connectivity index (χ1n) is 4.91. The van der Waals surface area contributed by atoms with Gasteiger partial charge in [0.25, 0.3) is 0 Å². The van der Waals surface area contributed by atoms with E-state index < -0.39 is 0 Å². The Kier molecular flexibility index (Phi) is 3.63. The van der Waals surface area contributed by atoms with Crippen LogP contribution in [0.4, 0.5) is 11.4 Å². The molecule has 1 rings (SSSR count). The van der Waals surface area contributed by atoms with Crippen molar-refractivity contribution in [2.75, 3.05) is 18.6 Å². The maximum atomic E-state index is 5.89. The molecule has 0 unspecified atom stereocenters. The Hall–Kier alpha value is -1.38. The summed E-state index contributed by atoms with van der Waals surface area (Å²) in [5, 5.41) is 0. The van der Waals surface area contributed by atoms with Crippen LogP contribution < -0.4 is 16.2 Å². The fourth-order valence-electron chi connectivity index (χ4n) is 1.47. The maximum absolute atomic E-state index is 5.89. The van der Waals surface area contributed by atoms with Crippen molar-refractivity contribution in [3.8, 4) is 5.75 Å². The number of hydrogen-bond acceptors (Lipinski definition) is 3. The van der Waals surface area contributed by atoms with Crippen LogP contribution in [-0.4, -0.2) is 7.11 Å². The topological polar surface area (TPSA) is 61.3 Å². The van der Waals surface area contributed by atoms with E-state index in [1.54, 1.807) is 13.2 Å². The lowest BCUT2D eigenvalue weighted by Gasteiger charge is -2.12. The Morgan fingerprint density at radius 2 is 2.00 bits per heavy atom. The van der Waals surface area contributed by atoms with Gasteiger partial charge in [-0.15, -0.1) is 0 Å². The summed E-state index contributed by atoms with van der Waals surface area (Å²) in [6, 6.07) is 3.65. The number of methoxy groups -OCH3 is 1. The molecule has 0 aliphatic heterocycles. The van der Waals surface area contributed by atoms with Gasteiger partial charge in [0.05, 0.1) is 18.5 Å². The zero-order valence-corrected chi connectivity index (χ0v) is 8.84. The molecule has 0 bridgehead atoms. The van der Waals surface area contributed by atoms with E-state index in [2.05, 4.69) is 6.92 Å². The number of hydrogen-bond donors (Lipinski definition) is 2. The highest BCUT2D eigenvalue weighted by Gasteiger charge is 2.08. The molecule has 0 aliphatic carbocycles. The number of benzene rings is 1. The molecule has 0 spiro atoms. The average Bonchev–Trinajstić information content (AvgIpc) is 2.20. The Labute approximate surface area is 85.0 Å². The van der Waals surface area contributed by atoms with Crippen LogP contribution in [0.25, 0.3) is 0 Å². The van der Waals surface area contributed by atoms with Crippen LogP contribution in [0.15, 0.2) is 12.1 Å². The molecule has 78 valence electrons. The Morgan fingerprint density at radius 3 is 2.57 bits per heavy atom. The standard InChI is InChI=1S/C11H18N2O/c1-3-4-5-8-10(14-2)7-6-9(12)11(8)13/h6-7H,3-5,12-13H2,1-2H3. The van der Waals surface area contributed by atoms with Gasteiger partial charge in [-0.25, -0.2) is 0 Å². The van der Waals surface area contributed by atoms with Gasteiger partial charge in [-0.3, -0.25) is 0 Å². The Bertz CT molecular complexity index is 310. The summed E-state index contributed by atoms with van der Waals surface area (Å²) in [5.41, 5.74) is 14.0. The maximum Gasteiger partial charge on any atom is 0.124 e. The van der Waals surface area contributed by atoms with Gasteiger partial charge in [0, 0.05) is 5.56 Å². The average molecular weight is 194 g/mol. The van der Waals surface area contributed by atoms with Crippen molar-refractivity contribution in [3.63, 3.8) is 0 Å². The second-order valence-corrected chi connectivity index (χ2v) is 3.35. The molecule has 3 nitrogen and oxygen atoms in total. The van der Waals surface area contributed by atoms with Gasteiger partial charge >= 0.3 is 0 Å². The van der Waals surface area contributed by atoms with Gasteiger partial charge < -0.3 is 16.2 Å². The van der Waals surface area contributed by atoms with Crippen LogP contribution in [0.2, 0.25) is 0 Å². The summed E-state index contributed by atoms with van der Waals surface area (Å²) < 4.78 is 5.24. The molecule has 0 radical (unpaired) electrons. The number of ether oxygens (including phenoxy) is 1. The molecule has 0 saturated heterocycles. The number of nitrogen functional groups attached to an aromatic ring is 2. The summed E-state index contributed by atoms with van der Waals surface area (Å²) in [5.74, 6) is 0.838. The van der Waals surface area contributed by atoms with Crippen LogP contribution >= 0.6 is 0 Å². The molecule has 0 amide bonds. The molecule has 0 aromatic heterocycles. The first-order chi connectivity index (χ1) is 6.70. The van der Waals surface area contributed by atoms with Crippen molar-refractivity contribution < 1.29 is 4.74 Å². The SMILES string of the molecule is CCCCc1c(OC)ccc(N)c1N. The van der Waals surface area contributed by atoms with E-state index in [1.165, 1.54) is 0 Å². The van der Waals surface area contributed by atoms with E-state index in [0.717, 1.165) is 30.6 Å². The third kappa shape index (κ3) is 2.10. The quantitative estimate of drug-likeness (QED) is 0.722. The van der Waals surface area contributed by atoms with E-state index in [9.17, 15) is 0 Å². The summed E-state index contributed by atoms with van der Waals surface area (Å²) >= 11 is 0. The van der Waals surface area contributed by atoms with Crippen molar-refractivity contribution in [3.05, 3.63) is 17.7 Å². The highest BCUT2D eigenvalue weighted by molar-refractivity contribution is 5.70. The van der Waals surface area contributed by atoms with Crippen LogP contribution in [0.1, 0.15) is 25.3 Å². The Balaban J connectivity index is 3.01. The van der Waals surface area contributed by atoms with Crippen molar-refractivity contribution >= 4 is 11.4 Å². The first-order valence-corrected chi connectivity index (χ1v) is 4.91. The van der Waals surface area contributed by atoms with E-state index in [0.29, 0.717) is 11.4 Å². The van der Waals surface area contributed by atoms with Crippen LogP contribution in [0.5, 0.6) is 5.75 Å². The van der Waals surface area contributed by atoms with Crippen LogP contribution in [0.3, 0.4) is 0 Å². The predicted molar refractivity (Wildman–Crippen MR) is 60.4 cm³/mol. The molecule has 0 fully saturated rings. The smallest absolute Gasteiger partial charge is 0.124 e. The molecule has 1 aromatic rings. The number of unbranched alkanes of at least 4 members (excludes halogenated alkanes) is 1. The molecule has 0 heterocycles. The lowest BCUT2D eigenvalue weighted by atomic mass is 10.0. The number of nitrogens with two attached hydrogens (primary N) is 2. The summed E-state index contributed by atoms with van der Waals surface area (Å²) in [6.07, 6.45) is 3.16. The van der Waals surface area contributed by atoms with Gasteiger partial charge in [0.2, 0.25) is 0 Å².